The van der Waals surface area contributed by atoms with E-state index in [2.05, 4.69) is 5.32 Å². The zero-order valence-electron chi connectivity index (χ0n) is 14.7. The minimum atomic E-state index is -0.526. The molecule has 1 unspecified atom stereocenters. The highest BCUT2D eigenvalue weighted by Crippen LogP contribution is 2.36. The van der Waals surface area contributed by atoms with Gasteiger partial charge in [0.1, 0.15) is 5.75 Å². The van der Waals surface area contributed by atoms with Crippen LogP contribution in [0.4, 0.5) is 11.4 Å². The molecule has 2 aromatic rings. The predicted molar refractivity (Wildman–Crippen MR) is 98.3 cm³/mol. The molecular formula is C20H22N2O3. The lowest BCUT2D eigenvalue weighted by Gasteiger charge is -2.33. The monoisotopic (exact) mass is 338 g/mol. The molecule has 2 aromatic carbocycles. The topological polar surface area (TPSA) is 58.6 Å². The van der Waals surface area contributed by atoms with Crippen molar-refractivity contribution in [1.82, 2.24) is 0 Å². The van der Waals surface area contributed by atoms with Gasteiger partial charge >= 0.3 is 0 Å². The molecule has 130 valence electrons. The Bertz CT molecular complexity index is 799. The van der Waals surface area contributed by atoms with Crippen molar-refractivity contribution in [3.8, 4) is 5.75 Å². The Labute approximate surface area is 147 Å². The molecule has 1 N–H and O–H groups in total. The number of hydrogen-bond donors (Lipinski definition) is 1. The fourth-order valence-corrected chi connectivity index (χ4v) is 2.85. The smallest absolute Gasteiger partial charge is 0.267 e. The average Bonchev–Trinajstić information content (AvgIpc) is 2.59. The lowest BCUT2D eigenvalue weighted by atomic mass is 10.1. The van der Waals surface area contributed by atoms with Crippen LogP contribution in [0.15, 0.2) is 42.5 Å². The van der Waals surface area contributed by atoms with Gasteiger partial charge < -0.3 is 15.0 Å². The molecular weight excluding hydrogens is 316 g/mol. The Morgan fingerprint density at radius 1 is 1.20 bits per heavy atom. The van der Waals surface area contributed by atoms with Crippen molar-refractivity contribution in [3.05, 3.63) is 53.6 Å². The Hall–Kier alpha value is -2.82. The van der Waals surface area contributed by atoms with E-state index in [0.717, 1.165) is 17.7 Å². The third kappa shape index (κ3) is 3.50. The molecule has 0 saturated heterocycles. The summed E-state index contributed by atoms with van der Waals surface area (Å²) in [5, 5.41) is 2.88. The number of rotatable bonds is 4. The number of aryl methyl sites for hydroxylation is 1. The largest absolute Gasteiger partial charge is 0.479 e. The van der Waals surface area contributed by atoms with Gasteiger partial charge in [0.2, 0.25) is 0 Å². The maximum absolute atomic E-state index is 12.4. The molecule has 1 atom stereocenters. The second-order valence-electron chi connectivity index (χ2n) is 6.25. The highest BCUT2D eigenvalue weighted by Gasteiger charge is 2.31. The van der Waals surface area contributed by atoms with Gasteiger partial charge in [0, 0.05) is 23.9 Å². The fraction of sp³-hybridized carbons (Fsp3) is 0.300. The number of fused-ring (bicyclic) bond motifs is 1. The van der Waals surface area contributed by atoms with Crippen LogP contribution in [-0.4, -0.2) is 24.5 Å². The molecule has 0 saturated carbocycles. The summed E-state index contributed by atoms with van der Waals surface area (Å²) in [7, 11) is 0. The van der Waals surface area contributed by atoms with Crippen LogP contribution < -0.4 is 15.0 Å². The summed E-state index contributed by atoms with van der Waals surface area (Å²) in [6.07, 6.45) is 0.339. The van der Waals surface area contributed by atoms with Gasteiger partial charge in [0.15, 0.2) is 6.10 Å². The Morgan fingerprint density at radius 2 is 1.92 bits per heavy atom. The van der Waals surface area contributed by atoms with Crippen LogP contribution in [-0.2, 0) is 4.79 Å². The third-order valence-corrected chi connectivity index (χ3v) is 4.19. The fourth-order valence-electron chi connectivity index (χ4n) is 2.85. The van der Waals surface area contributed by atoms with E-state index >= 15 is 0 Å². The molecule has 25 heavy (non-hydrogen) atoms. The summed E-state index contributed by atoms with van der Waals surface area (Å²) < 4.78 is 5.72. The maximum atomic E-state index is 12.4. The number of benzene rings is 2. The van der Waals surface area contributed by atoms with E-state index in [0.29, 0.717) is 23.5 Å². The summed E-state index contributed by atoms with van der Waals surface area (Å²) in [6.45, 7) is 6.40. The maximum Gasteiger partial charge on any atom is 0.267 e. The molecule has 3 rings (SSSR count). The second kappa shape index (κ2) is 6.97. The van der Waals surface area contributed by atoms with Crippen molar-refractivity contribution in [2.45, 2.75) is 33.3 Å². The lowest BCUT2D eigenvalue weighted by molar-refractivity contribution is -0.125. The van der Waals surface area contributed by atoms with Crippen molar-refractivity contribution >= 4 is 23.2 Å². The van der Waals surface area contributed by atoms with Gasteiger partial charge in [0.05, 0.1) is 5.69 Å². The number of ether oxygens (including phenoxy) is 1. The number of anilines is 2. The summed E-state index contributed by atoms with van der Waals surface area (Å²) >= 11 is 0. The van der Waals surface area contributed by atoms with E-state index in [1.807, 2.05) is 32.0 Å². The first-order valence-electron chi connectivity index (χ1n) is 8.49. The number of carbonyl (C=O) groups excluding carboxylic acids is 2. The van der Waals surface area contributed by atoms with Crippen LogP contribution in [0.3, 0.4) is 0 Å². The van der Waals surface area contributed by atoms with Crippen LogP contribution >= 0.6 is 0 Å². The first kappa shape index (κ1) is 17.0. The number of hydrogen-bond acceptors (Lipinski definition) is 3. The molecule has 0 fully saturated rings. The summed E-state index contributed by atoms with van der Waals surface area (Å²) in [5.74, 6) is 0.401. The highest BCUT2D eigenvalue weighted by atomic mass is 16.5. The lowest BCUT2D eigenvalue weighted by Crippen LogP contribution is -2.44. The zero-order valence-corrected chi connectivity index (χ0v) is 14.7. The Balaban J connectivity index is 1.83. The van der Waals surface area contributed by atoms with E-state index in [-0.39, 0.29) is 11.8 Å². The van der Waals surface area contributed by atoms with E-state index in [4.69, 9.17) is 4.74 Å². The van der Waals surface area contributed by atoms with E-state index in [1.165, 1.54) is 0 Å². The number of nitrogens with zero attached hydrogens (tertiary/aromatic N) is 1. The first-order valence-corrected chi connectivity index (χ1v) is 8.49. The number of nitrogens with one attached hydrogen (secondary N) is 1. The van der Waals surface area contributed by atoms with Crippen LogP contribution in [0.25, 0.3) is 0 Å². The molecule has 2 amide bonds. The molecule has 1 aliphatic heterocycles. The molecule has 5 nitrogen and oxygen atoms in total. The molecule has 5 heteroatoms. The van der Waals surface area contributed by atoms with Crippen molar-refractivity contribution in [2.24, 2.45) is 0 Å². The summed E-state index contributed by atoms with van der Waals surface area (Å²) in [5.41, 5.74) is 3.09. The van der Waals surface area contributed by atoms with Gasteiger partial charge in [-0.15, -0.1) is 0 Å². The quantitative estimate of drug-likeness (QED) is 0.923. The second-order valence-corrected chi connectivity index (χ2v) is 6.25. The van der Waals surface area contributed by atoms with E-state index in [1.54, 1.807) is 36.1 Å². The molecule has 0 radical (unpaired) electrons. The minimum absolute atomic E-state index is 0.0363. The normalized spacial score (nSPS) is 16.2. The van der Waals surface area contributed by atoms with Crippen molar-refractivity contribution in [1.29, 1.82) is 0 Å². The molecule has 0 aliphatic carbocycles. The zero-order chi connectivity index (χ0) is 18.0. The van der Waals surface area contributed by atoms with Gasteiger partial charge in [-0.25, -0.2) is 0 Å². The van der Waals surface area contributed by atoms with E-state index < -0.39 is 6.10 Å². The minimum Gasteiger partial charge on any atom is -0.479 e. The number of amides is 2. The van der Waals surface area contributed by atoms with Gasteiger partial charge in [0.25, 0.3) is 11.8 Å². The predicted octanol–water partition coefficient (Wildman–Crippen LogP) is 3.77. The van der Waals surface area contributed by atoms with Crippen LogP contribution in [0.1, 0.15) is 36.2 Å². The van der Waals surface area contributed by atoms with Gasteiger partial charge in [-0.2, -0.15) is 0 Å². The SMILES string of the molecule is CCCN1C(=O)C(C)Oc2cc(NC(=O)c3ccc(C)cc3)ccc21. The Morgan fingerprint density at radius 3 is 2.60 bits per heavy atom. The van der Waals surface area contributed by atoms with Crippen molar-refractivity contribution in [2.75, 3.05) is 16.8 Å². The molecule has 0 aromatic heterocycles. The molecule has 1 aliphatic rings. The average molecular weight is 338 g/mol. The molecule has 0 bridgehead atoms. The summed E-state index contributed by atoms with van der Waals surface area (Å²) in [6, 6.07) is 12.8. The molecule has 1 heterocycles. The van der Waals surface area contributed by atoms with E-state index in [9.17, 15) is 9.59 Å². The van der Waals surface area contributed by atoms with Crippen LogP contribution in [0.2, 0.25) is 0 Å². The van der Waals surface area contributed by atoms with Crippen molar-refractivity contribution in [3.63, 3.8) is 0 Å². The van der Waals surface area contributed by atoms with Gasteiger partial charge in [-0.1, -0.05) is 24.6 Å². The van der Waals surface area contributed by atoms with Crippen LogP contribution in [0, 0.1) is 6.92 Å². The third-order valence-electron chi connectivity index (χ3n) is 4.19. The highest BCUT2D eigenvalue weighted by molar-refractivity contribution is 6.05. The van der Waals surface area contributed by atoms with Crippen LogP contribution in [0.5, 0.6) is 5.75 Å². The van der Waals surface area contributed by atoms with Gasteiger partial charge in [-0.3, -0.25) is 9.59 Å². The Kier molecular flexibility index (Phi) is 4.74. The first-order chi connectivity index (χ1) is 12.0. The van der Waals surface area contributed by atoms with Crippen molar-refractivity contribution < 1.29 is 14.3 Å². The molecule has 0 spiro atoms. The van der Waals surface area contributed by atoms with Gasteiger partial charge in [-0.05, 0) is 44.5 Å². The number of carbonyl (C=O) groups is 2. The summed E-state index contributed by atoms with van der Waals surface area (Å²) in [4.78, 5) is 26.4. The standard InChI is InChI=1S/C20H22N2O3/c1-4-11-22-17-10-9-16(12-18(17)25-14(3)20(22)24)21-19(23)15-7-5-13(2)6-8-15/h5-10,12,14H,4,11H2,1-3H3,(H,21,23).